The van der Waals surface area contributed by atoms with Crippen LogP contribution in [0.15, 0.2) is 18.2 Å². The maximum Gasteiger partial charge on any atom is 0.0899 e. The minimum absolute atomic E-state index is 0.129. The Labute approximate surface area is 117 Å². The molecule has 0 amide bonds. The molecule has 2 N–H and O–H groups in total. The van der Waals surface area contributed by atoms with Crippen LogP contribution in [0, 0.1) is 0 Å². The Morgan fingerprint density at radius 3 is 2.94 bits per heavy atom. The van der Waals surface area contributed by atoms with Gasteiger partial charge < -0.3 is 15.2 Å². The van der Waals surface area contributed by atoms with Crippen molar-refractivity contribution in [3.63, 3.8) is 0 Å². The van der Waals surface area contributed by atoms with Crippen molar-refractivity contribution in [1.29, 1.82) is 0 Å². The molecule has 1 aromatic rings. The van der Waals surface area contributed by atoms with E-state index in [0.29, 0.717) is 28.6 Å². The SMILES string of the molecule is CC(O)(CC1COCCN1)c1cccc(Cl)c1Cl. The number of hydrogen-bond donors (Lipinski definition) is 2. The minimum Gasteiger partial charge on any atom is -0.385 e. The summed E-state index contributed by atoms with van der Waals surface area (Å²) in [7, 11) is 0. The lowest BCUT2D eigenvalue weighted by molar-refractivity contribution is 0.00329. The summed E-state index contributed by atoms with van der Waals surface area (Å²) in [6, 6.07) is 5.44. The van der Waals surface area contributed by atoms with E-state index in [0.717, 1.165) is 13.2 Å². The van der Waals surface area contributed by atoms with Crippen molar-refractivity contribution in [2.75, 3.05) is 19.8 Å². The topological polar surface area (TPSA) is 41.5 Å². The zero-order valence-corrected chi connectivity index (χ0v) is 11.8. The van der Waals surface area contributed by atoms with Gasteiger partial charge in [0.2, 0.25) is 0 Å². The van der Waals surface area contributed by atoms with E-state index in [4.69, 9.17) is 27.9 Å². The number of halogens is 2. The normalized spacial score (nSPS) is 23.7. The number of nitrogens with one attached hydrogen (secondary N) is 1. The van der Waals surface area contributed by atoms with Gasteiger partial charge in [-0.25, -0.2) is 0 Å². The van der Waals surface area contributed by atoms with E-state index in [-0.39, 0.29) is 6.04 Å². The molecule has 0 saturated carbocycles. The van der Waals surface area contributed by atoms with Crippen molar-refractivity contribution in [2.24, 2.45) is 0 Å². The van der Waals surface area contributed by atoms with Crippen molar-refractivity contribution < 1.29 is 9.84 Å². The van der Waals surface area contributed by atoms with Gasteiger partial charge in [-0.05, 0) is 19.4 Å². The highest BCUT2D eigenvalue weighted by Crippen LogP contribution is 2.35. The molecule has 2 atom stereocenters. The molecule has 2 rings (SSSR count). The zero-order chi connectivity index (χ0) is 13.2. The highest BCUT2D eigenvalue weighted by molar-refractivity contribution is 6.42. The second-order valence-corrected chi connectivity index (χ2v) is 5.59. The summed E-state index contributed by atoms with van der Waals surface area (Å²) in [4.78, 5) is 0. The van der Waals surface area contributed by atoms with Crippen LogP contribution < -0.4 is 5.32 Å². The van der Waals surface area contributed by atoms with Gasteiger partial charge in [-0.1, -0.05) is 35.3 Å². The molecular formula is C13H17Cl2NO2. The van der Waals surface area contributed by atoms with Crippen LogP contribution in [0.5, 0.6) is 0 Å². The van der Waals surface area contributed by atoms with Crippen LogP contribution >= 0.6 is 23.2 Å². The van der Waals surface area contributed by atoms with Gasteiger partial charge in [0.05, 0.1) is 28.9 Å². The first-order valence-corrected chi connectivity index (χ1v) is 6.74. The van der Waals surface area contributed by atoms with Crippen molar-refractivity contribution in [1.82, 2.24) is 5.32 Å². The molecule has 18 heavy (non-hydrogen) atoms. The highest BCUT2D eigenvalue weighted by atomic mass is 35.5. The van der Waals surface area contributed by atoms with Crippen molar-refractivity contribution in [2.45, 2.75) is 25.0 Å². The zero-order valence-electron chi connectivity index (χ0n) is 10.2. The van der Waals surface area contributed by atoms with E-state index in [9.17, 15) is 5.11 Å². The van der Waals surface area contributed by atoms with Crippen molar-refractivity contribution >= 4 is 23.2 Å². The maximum atomic E-state index is 10.6. The van der Waals surface area contributed by atoms with E-state index < -0.39 is 5.60 Å². The number of benzene rings is 1. The van der Waals surface area contributed by atoms with Gasteiger partial charge in [-0.2, -0.15) is 0 Å². The lowest BCUT2D eigenvalue weighted by Gasteiger charge is -2.32. The van der Waals surface area contributed by atoms with E-state index in [2.05, 4.69) is 5.32 Å². The van der Waals surface area contributed by atoms with Gasteiger partial charge in [0.25, 0.3) is 0 Å². The van der Waals surface area contributed by atoms with Crippen LogP contribution in [-0.2, 0) is 10.3 Å². The smallest absolute Gasteiger partial charge is 0.0899 e. The largest absolute Gasteiger partial charge is 0.385 e. The fourth-order valence-electron chi connectivity index (χ4n) is 2.26. The standard InChI is InChI=1S/C13H17Cl2NO2/c1-13(17,7-9-8-18-6-5-16-9)10-3-2-4-11(14)12(10)15/h2-4,9,16-17H,5-8H2,1H3. The van der Waals surface area contributed by atoms with Gasteiger partial charge in [-0.15, -0.1) is 0 Å². The summed E-state index contributed by atoms with van der Waals surface area (Å²) in [5, 5.41) is 14.8. The Morgan fingerprint density at radius 2 is 2.28 bits per heavy atom. The summed E-state index contributed by atoms with van der Waals surface area (Å²) in [6.45, 7) is 3.88. The van der Waals surface area contributed by atoms with Crippen LogP contribution in [0.25, 0.3) is 0 Å². The highest BCUT2D eigenvalue weighted by Gasteiger charge is 2.30. The summed E-state index contributed by atoms with van der Waals surface area (Å²) < 4.78 is 5.39. The number of rotatable bonds is 3. The van der Waals surface area contributed by atoms with E-state index >= 15 is 0 Å². The predicted octanol–water partition coefficient (Wildman–Crippen LogP) is 2.58. The molecule has 100 valence electrons. The molecule has 3 nitrogen and oxygen atoms in total. The Bertz CT molecular complexity index is 417. The van der Waals surface area contributed by atoms with Crippen molar-refractivity contribution in [3.05, 3.63) is 33.8 Å². The average molecular weight is 290 g/mol. The lowest BCUT2D eigenvalue weighted by atomic mass is 9.89. The molecular weight excluding hydrogens is 273 g/mol. The Hall–Kier alpha value is -0.320. The molecule has 0 aromatic heterocycles. The molecule has 1 aliphatic heterocycles. The van der Waals surface area contributed by atoms with E-state index in [1.54, 1.807) is 25.1 Å². The number of hydrogen-bond acceptors (Lipinski definition) is 3. The Kier molecular flexibility index (Phi) is 4.51. The molecule has 1 heterocycles. The molecule has 1 saturated heterocycles. The second kappa shape index (κ2) is 5.76. The van der Waals surface area contributed by atoms with Crippen LogP contribution in [-0.4, -0.2) is 30.9 Å². The van der Waals surface area contributed by atoms with E-state index in [1.165, 1.54) is 0 Å². The summed E-state index contributed by atoms with van der Waals surface area (Å²) in [6.07, 6.45) is 0.535. The van der Waals surface area contributed by atoms with Gasteiger partial charge >= 0.3 is 0 Å². The fraction of sp³-hybridized carbons (Fsp3) is 0.538. The van der Waals surface area contributed by atoms with Gasteiger partial charge in [-0.3, -0.25) is 0 Å². The summed E-state index contributed by atoms with van der Waals surface area (Å²) in [5.74, 6) is 0. The third-order valence-electron chi connectivity index (χ3n) is 3.17. The molecule has 1 aromatic carbocycles. The molecule has 1 aliphatic rings. The first kappa shape index (κ1) is 14.1. The summed E-state index contributed by atoms with van der Waals surface area (Å²) in [5.41, 5.74) is -0.371. The predicted molar refractivity (Wildman–Crippen MR) is 73.3 cm³/mol. The average Bonchev–Trinajstić information content (AvgIpc) is 2.33. The second-order valence-electron chi connectivity index (χ2n) is 4.81. The number of aliphatic hydroxyl groups is 1. The maximum absolute atomic E-state index is 10.6. The van der Waals surface area contributed by atoms with Gasteiger partial charge in [0.15, 0.2) is 0 Å². The fourth-order valence-corrected chi connectivity index (χ4v) is 2.76. The Balaban J connectivity index is 2.16. The first-order chi connectivity index (χ1) is 8.50. The van der Waals surface area contributed by atoms with Crippen LogP contribution in [0.3, 0.4) is 0 Å². The van der Waals surface area contributed by atoms with Gasteiger partial charge in [0, 0.05) is 18.2 Å². The Morgan fingerprint density at radius 1 is 1.50 bits per heavy atom. The quantitative estimate of drug-likeness (QED) is 0.899. The van der Waals surface area contributed by atoms with Crippen LogP contribution in [0.4, 0.5) is 0 Å². The molecule has 0 bridgehead atoms. The molecule has 0 radical (unpaired) electrons. The minimum atomic E-state index is -1.03. The molecule has 5 heteroatoms. The third kappa shape index (κ3) is 3.16. The van der Waals surface area contributed by atoms with Gasteiger partial charge in [0.1, 0.15) is 0 Å². The van der Waals surface area contributed by atoms with E-state index in [1.807, 2.05) is 0 Å². The molecule has 0 aliphatic carbocycles. The third-order valence-corrected chi connectivity index (χ3v) is 3.99. The first-order valence-electron chi connectivity index (χ1n) is 5.99. The summed E-state index contributed by atoms with van der Waals surface area (Å²) >= 11 is 12.1. The van der Waals surface area contributed by atoms with Crippen molar-refractivity contribution in [3.8, 4) is 0 Å². The lowest BCUT2D eigenvalue weighted by Crippen LogP contribution is -2.45. The monoisotopic (exact) mass is 289 g/mol. The van der Waals surface area contributed by atoms with Crippen LogP contribution in [0.1, 0.15) is 18.9 Å². The number of morpholine rings is 1. The number of ether oxygens (including phenoxy) is 1. The molecule has 2 unspecified atom stereocenters. The molecule has 0 spiro atoms. The van der Waals surface area contributed by atoms with Crippen LogP contribution in [0.2, 0.25) is 10.0 Å². The molecule has 1 fully saturated rings.